The van der Waals surface area contributed by atoms with Crippen LogP contribution >= 0.6 is 0 Å². The van der Waals surface area contributed by atoms with Gasteiger partial charge in [-0.3, -0.25) is 4.89 Å². The van der Waals surface area contributed by atoms with Crippen molar-refractivity contribution in [2.75, 3.05) is 0 Å². The van der Waals surface area contributed by atoms with Crippen LogP contribution in [-0.4, -0.2) is 14.0 Å². The van der Waals surface area contributed by atoms with Crippen molar-refractivity contribution in [1.82, 2.24) is 0 Å². The average Bonchev–Trinajstić information content (AvgIpc) is 2.48. The predicted molar refractivity (Wildman–Crippen MR) is 91.3 cm³/mol. The number of carbonyl (C=O) groups is 1. The van der Waals surface area contributed by atoms with Gasteiger partial charge in [0.25, 0.3) is 0 Å². The number of hydrogen-bond acceptors (Lipinski definition) is 3. The van der Waals surface area contributed by atoms with E-state index >= 15 is 0 Å². The summed E-state index contributed by atoms with van der Waals surface area (Å²) < 4.78 is 0. The molecule has 22 heavy (non-hydrogen) atoms. The molecule has 1 radical (unpaired) electrons. The van der Waals surface area contributed by atoms with Crippen LogP contribution in [0.4, 0.5) is 0 Å². The molecular formula is C18H27O3Si. The van der Waals surface area contributed by atoms with Crippen molar-refractivity contribution >= 4 is 19.2 Å². The molecule has 2 rings (SSSR count). The summed E-state index contributed by atoms with van der Waals surface area (Å²) in [5.74, 6) is 0.509. The van der Waals surface area contributed by atoms with E-state index in [9.17, 15) is 4.79 Å². The minimum atomic E-state index is -1.34. The second kappa shape index (κ2) is 6.96. The lowest BCUT2D eigenvalue weighted by Gasteiger charge is -2.31. The molecule has 2 atom stereocenters. The summed E-state index contributed by atoms with van der Waals surface area (Å²) in [5, 5.41) is 1.33. The summed E-state index contributed by atoms with van der Waals surface area (Å²) in [4.78, 5) is 22.5. The molecule has 1 aromatic carbocycles. The lowest BCUT2D eigenvalue weighted by atomic mass is 9.80. The normalized spacial score (nSPS) is 23.3. The second-order valence-corrected chi connectivity index (χ2v) is 12.5. The van der Waals surface area contributed by atoms with Crippen LogP contribution in [0.15, 0.2) is 24.3 Å². The first kappa shape index (κ1) is 17.2. The van der Waals surface area contributed by atoms with Gasteiger partial charge in [-0.25, -0.2) is 4.79 Å². The lowest BCUT2D eigenvalue weighted by molar-refractivity contribution is -0.248. The Hall–Kier alpha value is -1.13. The second-order valence-electron chi connectivity index (χ2n) is 7.41. The quantitative estimate of drug-likeness (QED) is 0.471. The van der Waals surface area contributed by atoms with Crippen molar-refractivity contribution in [3.63, 3.8) is 0 Å². The molecule has 1 fully saturated rings. The Morgan fingerprint density at radius 3 is 2.36 bits per heavy atom. The van der Waals surface area contributed by atoms with Gasteiger partial charge in [-0.15, -0.1) is 0 Å². The van der Waals surface area contributed by atoms with Crippen molar-refractivity contribution in [1.29, 1.82) is 0 Å². The third-order valence-electron chi connectivity index (χ3n) is 4.66. The van der Waals surface area contributed by atoms with Gasteiger partial charge in [-0.05, 0) is 30.4 Å². The maximum atomic E-state index is 12.1. The Labute approximate surface area is 135 Å². The predicted octanol–water partition coefficient (Wildman–Crippen LogP) is 4.31. The van der Waals surface area contributed by atoms with E-state index in [0.717, 1.165) is 18.9 Å². The first-order valence-corrected chi connectivity index (χ1v) is 11.6. The molecule has 1 aliphatic carbocycles. The smallest absolute Gasteiger partial charge is 0.292 e. The first-order chi connectivity index (χ1) is 10.3. The number of benzene rings is 1. The van der Waals surface area contributed by atoms with E-state index in [4.69, 9.17) is 9.78 Å². The Morgan fingerprint density at radius 1 is 1.14 bits per heavy atom. The molecule has 1 aliphatic rings. The molecule has 2 unspecified atom stereocenters. The van der Waals surface area contributed by atoms with Crippen LogP contribution in [0.2, 0.25) is 19.6 Å². The van der Waals surface area contributed by atoms with Crippen LogP contribution in [0.1, 0.15) is 43.5 Å². The minimum absolute atomic E-state index is 0.343. The molecule has 0 N–H and O–H groups in total. The molecule has 0 saturated heterocycles. The third-order valence-corrected chi connectivity index (χ3v) is 6.72. The van der Waals surface area contributed by atoms with Gasteiger partial charge in [0, 0.05) is 0 Å². The molecule has 1 aromatic rings. The molecular weight excluding hydrogens is 292 g/mol. The van der Waals surface area contributed by atoms with Crippen molar-refractivity contribution in [3.05, 3.63) is 35.9 Å². The van der Waals surface area contributed by atoms with Crippen LogP contribution in [0, 0.1) is 17.9 Å². The third kappa shape index (κ3) is 4.20. The topological polar surface area (TPSA) is 35.5 Å². The fraction of sp³-hybridized carbons (Fsp3) is 0.556. The molecule has 4 heteroatoms. The van der Waals surface area contributed by atoms with Gasteiger partial charge >= 0.3 is 5.97 Å². The van der Waals surface area contributed by atoms with Gasteiger partial charge in [0.05, 0.1) is 13.6 Å². The molecule has 121 valence electrons. The summed E-state index contributed by atoms with van der Waals surface area (Å²) in [6, 6.07) is 7.72. The highest BCUT2D eigenvalue weighted by atomic mass is 28.3. The zero-order chi connectivity index (χ0) is 16.3. The lowest BCUT2D eigenvalue weighted by Crippen LogP contribution is -2.37. The van der Waals surface area contributed by atoms with Gasteiger partial charge in [0.2, 0.25) is 0 Å². The molecule has 0 aromatic heterocycles. The van der Waals surface area contributed by atoms with Gasteiger partial charge in [-0.2, -0.15) is 4.89 Å². The van der Waals surface area contributed by atoms with Gasteiger partial charge in [0.15, 0.2) is 6.10 Å². The fourth-order valence-corrected chi connectivity index (χ4v) is 3.92. The van der Waals surface area contributed by atoms with Crippen LogP contribution in [0.25, 0.3) is 0 Å². The molecule has 0 aliphatic heterocycles. The van der Waals surface area contributed by atoms with Crippen molar-refractivity contribution in [3.8, 4) is 0 Å². The summed E-state index contributed by atoms with van der Waals surface area (Å²) in [7, 11) is -1.34. The number of hydrogen-bond donors (Lipinski definition) is 0. The average molecular weight is 319 g/mol. The van der Waals surface area contributed by atoms with E-state index in [2.05, 4.69) is 33.5 Å². The summed E-state index contributed by atoms with van der Waals surface area (Å²) in [6.45, 7) is 11.2. The maximum Gasteiger partial charge on any atom is 0.373 e. The van der Waals surface area contributed by atoms with E-state index < -0.39 is 14.0 Å². The Balaban J connectivity index is 1.92. The van der Waals surface area contributed by atoms with Gasteiger partial charge < -0.3 is 0 Å². The summed E-state index contributed by atoms with van der Waals surface area (Å²) >= 11 is 0. The van der Waals surface area contributed by atoms with E-state index in [1.807, 2.05) is 24.3 Å². The van der Waals surface area contributed by atoms with Gasteiger partial charge in [0.1, 0.15) is 0 Å². The van der Waals surface area contributed by atoms with Crippen LogP contribution < -0.4 is 5.19 Å². The summed E-state index contributed by atoms with van der Waals surface area (Å²) in [6.07, 6.45) is 4.09. The molecule has 0 amide bonds. The fourth-order valence-electron chi connectivity index (χ4n) is 2.76. The zero-order valence-corrected chi connectivity index (χ0v) is 15.3. The SMILES string of the molecule is CC1CCC[C](OOC(=O)c2ccc([Si](C)(C)C)cc2)C1C. The van der Waals surface area contributed by atoms with Crippen LogP contribution in [-0.2, 0) is 9.78 Å². The molecule has 3 nitrogen and oxygen atoms in total. The Kier molecular flexibility index (Phi) is 5.45. The van der Waals surface area contributed by atoms with E-state index in [1.54, 1.807) is 0 Å². The zero-order valence-electron chi connectivity index (χ0n) is 14.3. The van der Waals surface area contributed by atoms with Crippen molar-refractivity contribution in [2.24, 2.45) is 11.8 Å². The highest BCUT2D eigenvalue weighted by Crippen LogP contribution is 2.36. The van der Waals surface area contributed by atoms with E-state index in [1.165, 1.54) is 11.6 Å². The Morgan fingerprint density at radius 2 is 1.77 bits per heavy atom. The molecule has 0 bridgehead atoms. The van der Waals surface area contributed by atoms with Crippen LogP contribution in [0.5, 0.6) is 0 Å². The van der Waals surface area contributed by atoms with E-state index in [0.29, 0.717) is 17.4 Å². The molecule has 0 heterocycles. The first-order valence-electron chi connectivity index (χ1n) is 8.14. The molecule has 1 saturated carbocycles. The maximum absolute atomic E-state index is 12.1. The molecule has 0 spiro atoms. The van der Waals surface area contributed by atoms with Crippen LogP contribution in [0.3, 0.4) is 0 Å². The largest absolute Gasteiger partial charge is 0.373 e. The monoisotopic (exact) mass is 319 g/mol. The Bertz CT molecular complexity index is 504. The van der Waals surface area contributed by atoms with Crippen molar-refractivity contribution < 1.29 is 14.6 Å². The highest BCUT2D eigenvalue weighted by molar-refractivity contribution is 6.88. The summed E-state index contributed by atoms with van der Waals surface area (Å²) in [5.41, 5.74) is 0.541. The van der Waals surface area contributed by atoms with E-state index in [-0.39, 0.29) is 0 Å². The van der Waals surface area contributed by atoms with Gasteiger partial charge in [-0.1, -0.05) is 63.6 Å². The minimum Gasteiger partial charge on any atom is -0.292 e. The van der Waals surface area contributed by atoms with Crippen molar-refractivity contribution in [2.45, 2.75) is 52.8 Å². The standard InChI is InChI=1S/C18H27O3Si/c1-13-7-6-8-17(14(13)2)20-21-18(19)15-9-11-16(12-10-15)22(3,4)5/h9-14H,6-8H2,1-5H3. The number of carbonyl (C=O) groups excluding carboxylic acids is 1. The number of rotatable bonds is 4. The highest BCUT2D eigenvalue weighted by Gasteiger charge is 2.31.